The Kier molecular flexibility index (Phi) is 7.65. The van der Waals surface area contributed by atoms with Gasteiger partial charge in [0.1, 0.15) is 5.75 Å². The molecule has 1 saturated carbocycles. The molecule has 0 saturated heterocycles. The van der Waals surface area contributed by atoms with E-state index in [4.69, 9.17) is 4.74 Å². The van der Waals surface area contributed by atoms with Gasteiger partial charge in [0.15, 0.2) is 0 Å². The quantitative estimate of drug-likeness (QED) is 0.439. The average Bonchev–Trinajstić information content (AvgIpc) is 2.69. The van der Waals surface area contributed by atoms with Crippen molar-refractivity contribution < 1.29 is 4.74 Å². The van der Waals surface area contributed by atoms with Crippen LogP contribution < -0.4 is 4.74 Å². The van der Waals surface area contributed by atoms with E-state index in [9.17, 15) is 0 Å². The molecular formula is C25H38O. The van der Waals surface area contributed by atoms with E-state index >= 15 is 0 Å². The summed E-state index contributed by atoms with van der Waals surface area (Å²) < 4.78 is 5.67. The van der Waals surface area contributed by atoms with Crippen LogP contribution in [-0.2, 0) is 0 Å². The molecule has 0 aliphatic heterocycles. The fourth-order valence-corrected chi connectivity index (χ4v) is 5.30. The summed E-state index contributed by atoms with van der Waals surface area (Å²) in [6.07, 6.45) is 18.7. The van der Waals surface area contributed by atoms with Crippen molar-refractivity contribution in [2.75, 3.05) is 6.61 Å². The van der Waals surface area contributed by atoms with Gasteiger partial charge in [-0.2, -0.15) is 0 Å². The van der Waals surface area contributed by atoms with Crippen LogP contribution in [0.25, 0.3) is 0 Å². The maximum Gasteiger partial charge on any atom is 0.119 e. The van der Waals surface area contributed by atoms with Gasteiger partial charge in [-0.3, -0.25) is 0 Å². The minimum atomic E-state index is 0.741. The SMILES string of the molecule is CCCC1CCC(C(CC2CC=CCC2)c2ccc(OCC)cc2)CC1. The van der Waals surface area contributed by atoms with E-state index in [0.29, 0.717) is 0 Å². The molecule has 1 aromatic carbocycles. The van der Waals surface area contributed by atoms with Crippen LogP contribution in [-0.4, -0.2) is 6.61 Å². The lowest BCUT2D eigenvalue weighted by molar-refractivity contribution is 0.211. The molecule has 0 radical (unpaired) electrons. The average molecular weight is 355 g/mol. The van der Waals surface area contributed by atoms with Gasteiger partial charge in [0.2, 0.25) is 0 Å². The molecule has 2 aliphatic rings. The predicted octanol–water partition coefficient (Wildman–Crippen LogP) is 7.52. The standard InChI is InChI=1S/C25H38O/c1-3-8-20-11-13-22(14-12-20)25(19-21-9-6-5-7-10-21)23-15-17-24(18-16-23)26-4-2/h5-6,15-18,20-22,25H,3-4,7-14,19H2,1-2H3. The molecule has 1 nitrogen and oxygen atoms in total. The van der Waals surface area contributed by atoms with Gasteiger partial charge in [0, 0.05) is 0 Å². The summed E-state index contributed by atoms with van der Waals surface area (Å²) >= 11 is 0. The van der Waals surface area contributed by atoms with E-state index in [2.05, 4.69) is 50.3 Å². The van der Waals surface area contributed by atoms with Gasteiger partial charge in [-0.25, -0.2) is 0 Å². The first-order chi connectivity index (χ1) is 12.8. The second-order valence-electron chi connectivity index (χ2n) is 8.56. The van der Waals surface area contributed by atoms with Crippen LogP contribution >= 0.6 is 0 Å². The Hall–Kier alpha value is -1.24. The highest BCUT2D eigenvalue weighted by molar-refractivity contribution is 5.30. The fourth-order valence-electron chi connectivity index (χ4n) is 5.30. The lowest BCUT2D eigenvalue weighted by Crippen LogP contribution is -2.23. The van der Waals surface area contributed by atoms with Crippen LogP contribution in [0.3, 0.4) is 0 Å². The molecule has 144 valence electrons. The van der Waals surface area contributed by atoms with E-state index in [1.54, 1.807) is 5.56 Å². The number of allylic oxidation sites excluding steroid dienone is 2. The monoisotopic (exact) mass is 354 g/mol. The van der Waals surface area contributed by atoms with Crippen molar-refractivity contribution in [2.45, 2.75) is 84.0 Å². The Morgan fingerprint density at radius 1 is 0.923 bits per heavy atom. The molecule has 0 spiro atoms. The smallest absolute Gasteiger partial charge is 0.119 e. The Balaban J connectivity index is 1.70. The molecule has 2 aliphatic carbocycles. The first-order valence-corrected chi connectivity index (χ1v) is 11.2. The van der Waals surface area contributed by atoms with Gasteiger partial charge in [-0.05, 0) is 86.8 Å². The van der Waals surface area contributed by atoms with Gasteiger partial charge >= 0.3 is 0 Å². The van der Waals surface area contributed by atoms with Crippen LogP contribution in [0.4, 0.5) is 0 Å². The second kappa shape index (κ2) is 10.2. The number of rotatable bonds is 8. The first kappa shape index (κ1) is 19.5. The van der Waals surface area contributed by atoms with E-state index in [0.717, 1.165) is 36.0 Å². The molecule has 2 unspecified atom stereocenters. The van der Waals surface area contributed by atoms with Gasteiger partial charge in [0.05, 0.1) is 6.61 Å². The first-order valence-electron chi connectivity index (χ1n) is 11.2. The number of ether oxygens (including phenoxy) is 1. The van der Waals surface area contributed by atoms with Crippen LogP contribution in [0.1, 0.15) is 89.5 Å². The van der Waals surface area contributed by atoms with Crippen LogP contribution in [0.5, 0.6) is 5.75 Å². The molecule has 1 aromatic rings. The molecule has 3 rings (SSSR count). The summed E-state index contributed by atoms with van der Waals surface area (Å²) in [6, 6.07) is 9.09. The highest BCUT2D eigenvalue weighted by Gasteiger charge is 2.30. The summed E-state index contributed by atoms with van der Waals surface area (Å²) in [4.78, 5) is 0. The van der Waals surface area contributed by atoms with Gasteiger partial charge < -0.3 is 4.74 Å². The molecule has 0 bridgehead atoms. The predicted molar refractivity (Wildman–Crippen MR) is 112 cm³/mol. The minimum absolute atomic E-state index is 0.741. The maximum absolute atomic E-state index is 5.67. The lowest BCUT2D eigenvalue weighted by Gasteiger charge is -2.36. The molecule has 1 fully saturated rings. The van der Waals surface area contributed by atoms with Crippen LogP contribution in [0.2, 0.25) is 0 Å². The van der Waals surface area contributed by atoms with E-state index in [1.165, 1.54) is 64.2 Å². The van der Waals surface area contributed by atoms with Gasteiger partial charge in [-0.15, -0.1) is 0 Å². The zero-order chi connectivity index (χ0) is 18.2. The fraction of sp³-hybridized carbons (Fsp3) is 0.680. The molecule has 2 atom stereocenters. The third-order valence-corrected chi connectivity index (χ3v) is 6.74. The van der Waals surface area contributed by atoms with E-state index in [-0.39, 0.29) is 0 Å². The summed E-state index contributed by atoms with van der Waals surface area (Å²) in [5, 5.41) is 0. The second-order valence-corrected chi connectivity index (χ2v) is 8.56. The molecule has 0 heterocycles. The summed E-state index contributed by atoms with van der Waals surface area (Å²) in [6.45, 7) is 5.14. The molecule has 26 heavy (non-hydrogen) atoms. The normalized spacial score (nSPS) is 27.2. The van der Waals surface area contributed by atoms with Crippen molar-refractivity contribution >= 4 is 0 Å². The summed E-state index contributed by atoms with van der Waals surface area (Å²) in [7, 11) is 0. The third-order valence-electron chi connectivity index (χ3n) is 6.74. The minimum Gasteiger partial charge on any atom is -0.494 e. The third kappa shape index (κ3) is 5.38. The summed E-state index contributed by atoms with van der Waals surface area (Å²) in [5.41, 5.74) is 1.56. The molecule has 0 amide bonds. The Morgan fingerprint density at radius 2 is 1.69 bits per heavy atom. The van der Waals surface area contributed by atoms with Crippen LogP contribution in [0.15, 0.2) is 36.4 Å². The molecule has 0 aromatic heterocycles. The van der Waals surface area contributed by atoms with Crippen molar-refractivity contribution in [1.82, 2.24) is 0 Å². The highest BCUT2D eigenvalue weighted by atomic mass is 16.5. The topological polar surface area (TPSA) is 9.23 Å². The zero-order valence-corrected chi connectivity index (χ0v) is 17.0. The van der Waals surface area contributed by atoms with Crippen molar-refractivity contribution in [3.05, 3.63) is 42.0 Å². The van der Waals surface area contributed by atoms with Gasteiger partial charge in [-0.1, -0.05) is 56.9 Å². The van der Waals surface area contributed by atoms with Crippen molar-refractivity contribution in [1.29, 1.82) is 0 Å². The zero-order valence-electron chi connectivity index (χ0n) is 17.0. The van der Waals surface area contributed by atoms with E-state index < -0.39 is 0 Å². The van der Waals surface area contributed by atoms with Gasteiger partial charge in [0.25, 0.3) is 0 Å². The Morgan fingerprint density at radius 3 is 2.31 bits per heavy atom. The van der Waals surface area contributed by atoms with Crippen molar-refractivity contribution in [2.24, 2.45) is 17.8 Å². The van der Waals surface area contributed by atoms with Crippen LogP contribution in [0, 0.1) is 17.8 Å². The maximum atomic E-state index is 5.67. The van der Waals surface area contributed by atoms with Crippen molar-refractivity contribution in [3.63, 3.8) is 0 Å². The largest absolute Gasteiger partial charge is 0.494 e. The number of hydrogen-bond donors (Lipinski definition) is 0. The molecular weight excluding hydrogens is 316 g/mol. The van der Waals surface area contributed by atoms with Crippen molar-refractivity contribution in [3.8, 4) is 5.75 Å². The highest BCUT2D eigenvalue weighted by Crippen LogP contribution is 2.44. The molecule has 0 N–H and O–H groups in total. The Labute approximate surface area is 161 Å². The summed E-state index contributed by atoms with van der Waals surface area (Å²) in [5.74, 6) is 4.51. The lowest BCUT2D eigenvalue weighted by atomic mass is 9.69. The molecule has 1 heteroatoms. The van der Waals surface area contributed by atoms with E-state index in [1.807, 2.05) is 0 Å². The number of benzene rings is 1. The Bertz CT molecular complexity index is 536. The number of hydrogen-bond acceptors (Lipinski definition) is 1.